The van der Waals surface area contributed by atoms with Crippen LogP contribution in [-0.2, 0) is 0 Å². The first kappa shape index (κ1) is 12.7. The zero-order valence-electron chi connectivity index (χ0n) is 11.2. The van der Waals surface area contributed by atoms with Gasteiger partial charge in [0.05, 0.1) is 0 Å². The molecule has 0 atom stereocenters. The highest BCUT2D eigenvalue weighted by Crippen LogP contribution is 2.26. The van der Waals surface area contributed by atoms with Crippen molar-refractivity contribution < 1.29 is 4.79 Å². The number of nitrogens with zero attached hydrogens (tertiary/aromatic N) is 2. The Bertz CT molecular complexity index is 568. The third kappa shape index (κ3) is 2.52. The SMILES string of the molecule is Nc1ccc(C(=O)N2CCC(c3ncc[nH]3)CC2)cc1. The number of H-pyrrole nitrogens is 1. The molecule has 1 aliphatic rings. The highest BCUT2D eigenvalue weighted by molar-refractivity contribution is 5.94. The molecular formula is C15H18N4O. The molecule has 2 aromatic rings. The van der Waals surface area contributed by atoms with Crippen molar-refractivity contribution in [2.75, 3.05) is 18.8 Å². The van der Waals surface area contributed by atoms with Crippen molar-refractivity contribution in [2.45, 2.75) is 18.8 Å². The van der Waals surface area contributed by atoms with E-state index in [-0.39, 0.29) is 5.91 Å². The molecule has 20 heavy (non-hydrogen) atoms. The number of carbonyl (C=O) groups is 1. The summed E-state index contributed by atoms with van der Waals surface area (Å²) in [5.41, 5.74) is 7.03. The lowest BCUT2D eigenvalue weighted by Crippen LogP contribution is -2.38. The van der Waals surface area contributed by atoms with Crippen LogP contribution in [0.5, 0.6) is 0 Å². The van der Waals surface area contributed by atoms with Crippen molar-refractivity contribution in [1.29, 1.82) is 0 Å². The first-order valence-corrected chi connectivity index (χ1v) is 6.88. The van der Waals surface area contributed by atoms with Crippen molar-refractivity contribution in [3.05, 3.63) is 48.0 Å². The van der Waals surface area contributed by atoms with Crippen LogP contribution in [0.25, 0.3) is 0 Å². The highest BCUT2D eigenvalue weighted by atomic mass is 16.2. The number of nitrogen functional groups attached to an aromatic ring is 1. The number of amides is 1. The largest absolute Gasteiger partial charge is 0.399 e. The van der Waals surface area contributed by atoms with Gasteiger partial charge < -0.3 is 15.6 Å². The monoisotopic (exact) mass is 270 g/mol. The predicted molar refractivity (Wildman–Crippen MR) is 77.3 cm³/mol. The first-order chi connectivity index (χ1) is 9.74. The fraction of sp³-hybridized carbons (Fsp3) is 0.333. The molecule has 5 nitrogen and oxygen atoms in total. The zero-order valence-corrected chi connectivity index (χ0v) is 11.2. The van der Waals surface area contributed by atoms with Crippen LogP contribution < -0.4 is 5.73 Å². The molecule has 3 N–H and O–H groups in total. The Labute approximate surface area is 117 Å². The maximum atomic E-state index is 12.4. The van der Waals surface area contributed by atoms with Crippen LogP contribution >= 0.6 is 0 Å². The van der Waals surface area contributed by atoms with E-state index in [1.54, 1.807) is 30.5 Å². The lowest BCUT2D eigenvalue weighted by molar-refractivity contribution is 0.0711. The molecule has 1 fully saturated rings. The smallest absolute Gasteiger partial charge is 0.253 e. The Morgan fingerprint density at radius 2 is 1.95 bits per heavy atom. The van der Waals surface area contributed by atoms with Gasteiger partial charge in [-0.2, -0.15) is 0 Å². The molecule has 0 aliphatic carbocycles. The number of rotatable bonds is 2. The Morgan fingerprint density at radius 3 is 2.55 bits per heavy atom. The minimum Gasteiger partial charge on any atom is -0.399 e. The molecule has 0 saturated carbocycles. The molecule has 1 aliphatic heterocycles. The molecule has 1 saturated heterocycles. The second-order valence-corrected chi connectivity index (χ2v) is 5.16. The quantitative estimate of drug-likeness (QED) is 0.820. The van der Waals surface area contributed by atoms with Crippen molar-refractivity contribution in [3.8, 4) is 0 Å². The Hall–Kier alpha value is -2.30. The van der Waals surface area contributed by atoms with E-state index in [1.165, 1.54) is 0 Å². The van der Waals surface area contributed by atoms with Crippen LogP contribution in [0.4, 0.5) is 5.69 Å². The number of nitrogens with one attached hydrogen (secondary N) is 1. The number of benzene rings is 1. The van der Waals surface area contributed by atoms with Gasteiger partial charge >= 0.3 is 0 Å². The molecule has 3 rings (SSSR count). The first-order valence-electron chi connectivity index (χ1n) is 6.88. The lowest BCUT2D eigenvalue weighted by Gasteiger charge is -2.31. The van der Waals surface area contributed by atoms with Gasteiger partial charge in [0.15, 0.2) is 0 Å². The predicted octanol–water partition coefficient (Wildman–Crippen LogP) is 2.01. The average molecular weight is 270 g/mol. The topological polar surface area (TPSA) is 75.0 Å². The van der Waals surface area contributed by atoms with Gasteiger partial charge in [-0.1, -0.05) is 0 Å². The Balaban J connectivity index is 1.63. The summed E-state index contributed by atoms with van der Waals surface area (Å²) < 4.78 is 0. The van der Waals surface area contributed by atoms with Gasteiger partial charge in [0.2, 0.25) is 0 Å². The van der Waals surface area contributed by atoms with Crippen molar-refractivity contribution in [3.63, 3.8) is 0 Å². The van der Waals surface area contributed by atoms with Gasteiger partial charge in [-0.15, -0.1) is 0 Å². The standard InChI is InChI=1S/C15H18N4O/c16-13-3-1-12(2-4-13)15(20)19-9-5-11(6-10-19)14-17-7-8-18-14/h1-4,7-8,11H,5-6,9-10,16H2,(H,17,18). The number of piperidine rings is 1. The summed E-state index contributed by atoms with van der Waals surface area (Å²) in [4.78, 5) is 21.7. The maximum absolute atomic E-state index is 12.4. The van der Waals surface area contributed by atoms with Crippen LogP contribution in [0.15, 0.2) is 36.7 Å². The van der Waals surface area contributed by atoms with Gasteiger partial charge in [0.1, 0.15) is 5.82 Å². The Morgan fingerprint density at radius 1 is 1.25 bits per heavy atom. The summed E-state index contributed by atoms with van der Waals surface area (Å²) in [6.45, 7) is 1.54. The van der Waals surface area contributed by atoms with Gasteiger partial charge in [-0.3, -0.25) is 4.79 Å². The number of anilines is 1. The van der Waals surface area contributed by atoms with Crippen LogP contribution in [0.3, 0.4) is 0 Å². The third-order valence-corrected chi connectivity index (χ3v) is 3.85. The van der Waals surface area contributed by atoms with Crippen LogP contribution in [0, 0.1) is 0 Å². The number of imidazole rings is 1. The summed E-state index contributed by atoms with van der Waals surface area (Å²) in [6, 6.07) is 7.11. The molecule has 1 aromatic carbocycles. The number of hydrogen-bond acceptors (Lipinski definition) is 3. The normalized spacial score (nSPS) is 16.3. The second kappa shape index (κ2) is 5.36. The fourth-order valence-electron chi connectivity index (χ4n) is 2.67. The van der Waals surface area contributed by atoms with Crippen molar-refractivity contribution >= 4 is 11.6 Å². The van der Waals surface area contributed by atoms with E-state index in [2.05, 4.69) is 9.97 Å². The summed E-state index contributed by atoms with van der Waals surface area (Å²) in [6.07, 6.45) is 5.53. The molecule has 1 aromatic heterocycles. The van der Waals surface area contributed by atoms with E-state index >= 15 is 0 Å². The second-order valence-electron chi connectivity index (χ2n) is 5.16. The van der Waals surface area contributed by atoms with E-state index in [9.17, 15) is 4.79 Å². The Kier molecular flexibility index (Phi) is 3.41. The zero-order chi connectivity index (χ0) is 13.9. The van der Waals surface area contributed by atoms with Crippen molar-refractivity contribution in [2.24, 2.45) is 0 Å². The molecule has 2 heterocycles. The molecule has 104 valence electrons. The van der Waals surface area contributed by atoms with E-state index in [0.717, 1.165) is 31.8 Å². The fourth-order valence-corrected chi connectivity index (χ4v) is 2.67. The third-order valence-electron chi connectivity index (χ3n) is 3.85. The number of aromatic amines is 1. The van der Waals surface area contributed by atoms with Crippen LogP contribution in [-0.4, -0.2) is 33.9 Å². The molecular weight excluding hydrogens is 252 g/mol. The molecule has 0 unspecified atom stereocenters. The minimum absolute atomic E-state index is 0.0860. The molecule has 0 radical (unpaired) electrons. The highest BCUT2D eigenvalue weighted by Gasteiger charge is 2.25. The number of nitrogens with two attached hydrogens (primary N) is 1. The van der Waals surface area contributed by atoms with E-state index in [0.29, 0.717) is 17.2 Å². The van der Waals surface area contributed by atoms with E-state index in [1.807, 2.05) is 11.1 Å². The molecule has 0 bridgehead atoms. The van der Waals surface area contributed by atoms with Gasteiger partial charge in [-0.25, -0.2) is 4.98 Å². The maximum Gasteiger partial charge on any atom is 0.253 e. The van der Waals surface area contributed by atoms with Gasteiger partial charge in [0, 0.05) is 42.7 Å². The summed E-state index contributed by atoms with van der Waals surface area (Å²) >= 11 is 0. The van der Waals surface area contributed by atoms with Crippen LogP contribution in [0.2, 0.25) is 0 Å². The van der Waals surface area contributed by atoms with E-state index in [4.69, 9.17) is 5.73 Å². The number of hydrogen-bond donors (Lipinski definition) is 2. The molecule has 1 amide bonds. The number of likely N-dealkylation sites (tertiary alicyclic amines) is 1. The van der Waals surface area contributed by atoms with Gasteiger partial charge in [0.25, 0.3) is 5.91 Å². The number of carbonyl (C=O) groups excluding carboxylic acids is 1. The average Bonchev–Trinajstić information content (AvgIpc) is 3.02. The summed E-state index contributed by atoms with van der Waals surface area (Å²) in [5, 5.41) is 0. The molecule has 0 spiro atoms. The van der Waals surface area contributed by atoms with Gasteiger partial charge in [-0.05, 0) is 37.1 Å². The number of aromatic nitrogens is 2. The summed E-state index contributed by atoms with van der Waals surface area (Å²) in [7, 11) is 0. The summed E-state index contributed by atoms with van der Waals surface area (Å²) in [5.74, 6) is 1.55. The van der Waals surface area contributed by atoms with Crippen LogP contribution in [0.1, 0.15) is 34.9 Å². The van der Waals surface area contributed by atoms with E-state index < -0.39 is 0 Å². The molecule has 5 heteroatoms. The lowest BCUT2D eigenvalue weighted by atomic mass is 9.95. The van der Waals surface area contributed by atoms with Crippen molar-refractivity contribution in [1.82, 2.24) is 14.9 Å². The minimum atomic E-state index is 0.0860.